The van der Waals surface area contributed by atoms with Gasteiger partial charge in [-0.1, -0.05) is 32.9 Å². The molecule has 0 bridgehead atoms. The Morgan fingerprint density at radius 3 is 2.53 bits per heavy atom. The molecule has 0 N–H and O–H groups in total. The molecule has 0 saturated carbocycles. The molecular weight excluding hydrogens is 232 g/mol. The molecule has 19 heavy (non-hydrogen) atoms. The van der Waals surface area contributed by atoms with Crippen molar-refractivity contribution in [1.82, 2.24) is 4.90 Å². The highest BCUT2D eigenvalue weighted by Gasteiger charge is 2.29. The molecule has 2 rings (SSSR count). The van der Waals surface area contributed by atoms with Crippen molar-refractivity contribution in [3.05, 3.63) is 35.4 Å². The molecule has 1 aliphatic rings. The molecule has 1 aromatic rings. The Morgan fingerprint density at radius 1 is 1.26 bits per heavy atom. The van der Waals surface area contributed by atoms with Gasteiger partial charge < -0.3 is 0 Å². The molecule has 2 heteroatoms. The zero-order valence-corrected chi connectivity index (χ0v) is 12.3. The van der Waals surface area contributed by atoms with E-state index in [9.17, 15) is 0 Å². The van der Waals surface area contributed by atoms with Gasteiger partial charge in [-0.3, -0.25) is 4.90 Å². The number of benzene rings is 1. The summed E-state index contributed by atoms with van der Waals surface area (Å²) in [6, 6.07) is 10.2. The average molecular weight is 256 g/mol. The van der Waals surface area contributed by atoms with Gasteiger partial charge in [-0.05, 0) is 48.4 Å². The van der Waals surface area contributed by atoms with Crippen LogP contribution in [0.1, 0.15) is 44.7 Å². The fraction of sp³-hybridized carbons (Fsp3) is 0.588. The fourth-order valence-electron chi connectivity index (χ4n) is 2.85. The molecule has 2 nitrogen and oxygen atoms in total. The summed E-state index contributed by atoms with van der Waals surface area (Å²) in [5.41, 5.74) is 2.46. The molecule has 1 unspecified atom stereocenters. The van der Waals surface area contributed by atoms with Crippen LogP contribution < -0.4 is 0 Å². The first-order valence-corrected chi connectivity index (χ1v) is 7.20. The Labute approximate surface area is 117 Å². The van der Waals surface area contributed by atoms with E-state index in [1.54, 1.807) is 0 Å². The maximum atomic E-state index is 8.81. The third kappa shape index (κ3) is 3.81. The van der Waals surface area contributed by atoms with Gasteiger partial charge in [0, 0.05) is 13.1 Å². The number of piperidine rings is 1. The van der Waals surface area contributed by atoms with E-state index in [1.807, 2.05) is 12.1 Å². The van der Waals surface area contributed by atoms with Gasteiger partial charge in [0.15, 0.2) is 0 Å². The Morgan fingerprint density at radius 2 is 1.95 bits per heavy atom. The zero-order chi connectivity index (χ0) is 13.9. The molecule has 1 aliphatic heterocycles. The lowest BCUT2D eigenvalue weighted by Crippen LogP contribution is -2.40. The molecule has 0 spiro atoms. The number of nitrogens with zero attached hydrogens (tertiary/aromatic N) is 2. The summed E-state index contributed by atoms with van der Waals surface area (Å²) in [5, 5.41) is 8.81. The van der Waals surface area contributed by atoms with E-state index in [0.717, 1.165) is 18.0 Å². The van der Waals surface area contributed by atoms with Crippen LogP contribution in [0.25, 0.3) is 0 Å². The number of hydrogen-bond donors (Lipinski definition) is 0. The van der Waals surface area contributed by atoms with Crippen molar-refractivity contribution in [2.24, 2.45) is 11.3 Å². The minimum atomic E-state index is 0.406. The van der Waals surface area contributed by atoms with Crippen LogP contribution in [0.3, 0.4) is 0 Å². The average Bonchev–Trinajstić information content (AvgIpc) is 2.39. The molecule has 1 aromatic carbocycles. The van der Waals surface area contributed by atoms with Crippen molar-refractivity contribution in [1.29, 1.82) is 5.26 Å². The van der Waals surface area contributed by atoms with E-state index in [-0.39, 0.29) is 0 Å². The van der Waals surface area contributed by atoms with Crippen LogP contribution >= 0.6 is 0 Å². The van der Waals surface area contributed by atoms with Gasteiger partial charge in [-0.25, -0.2) is 0 Å². The van der Waals surface area contributed by atoms with Gasteiger partial charge in [0.05, 0.1) is 11.6 Å². The molecular formula is C17H24N2. The number of hydrogen-bond acceptors (Lipinski definition) is 2. The van der Waals surface area contributed by atoms with Crippen molar-refractivity contribution in [3.63, 3.8) is 0 Å². The van der Waals surface area contributed by atoms with E-state index < -0.39 is 0 Å². The van der Waals surface area contributed by atoms with Crippen molar-refractivity contribution in [3.8, 4) is 6.07 Å². The molecule has 1 saturated heterocycles. The predicted molar refractivity (Wildman–Crippen MR) is 78.6 cm³/mol. The molecule has 0 radical (unpaired) electrons. The fourth-order valence-corrected chi connectivity index (χ4v) is 2.85. The topological polar surface area (TPSA) is 27.0 Å². The lowest BCUT2D eigenvalue weighted by Gasteiger charge is -2.39. The quantitative estimate of drug-likeness (QED) is 0.804. The molecule has 0 aromatic heterocycles. The van der Waals surface area contributed by atoms with Gasteiger partial charge in [-0.15, -0.1) is 0 Å². The second-order valence-electron chi connectivity index (χ2n) is 6.75. The van der Waals surface area contributed by atoms with E-state index >= 15 is 0 Å². The van der Waals surface area contributed by atoms with E-state index in [4.69, 9.17) is 5.26 Å². The second kappa shape index (κ2) is 5.75. The van der Waals surface area contributed by atoms with Crippen molar-refractivity contribution >= 4 is 0 Å². The summed E-state index contributed by atoms with van der Waals surface area (Å²) in [6.07, 6.45) is 2.66. The van der Waals surface area contributed by atoms with Crippen LogP contribution in [-0.4, -0.2) is 18.0 Å². The largest absolute Gasteiger partial charge is 0.299 e. The first kappa shape index (κ1) is 14.1. The van der Waals surface area contributed by atoms with Gasteiger partial charge >= 0.3 is 0 Å². The number of likely N-dealkylation sites (tertiary alicyclic amines) is 1. The smallest absolute Gasteiger partial charge is 0.0991 e. The van der Waals surface area contributed by atoms with E-state index in [0.29, 0.717) is 5.41 Å². The summed E-state index contributed by atoms with van der Waals surface area (Å²) in [5.74, 6) is 0.791. The highest BCUT2D eigenvalue weighted by atomic mass is 15.1. The number of nitriles is 1. The Hall–Kier alpha value is -1.33. The molecule has 0 aliphatic carbocycles. The number of rotatable bonds is 2. The summed E-state index contributed by atoms with van der Waals surface area (Å²) in [6.45, 7) is 10.5. The van der Waals surface area contributed by atoms with Crippen LogP contribution in [0, 0.1) is 22.7 Å². The van der Waals surface area contributed by atoms with E-state index in [2.05, 4.69) is 43.9 Å². The van der Waals surface area contributed by atoms with Crippen LogP contribution in [0.4, 0.5) is 0 Å². The monoisotopic (exact) mass is 256 g/mol. The Bertz CT molecular complexity index is 448. The lowest BCUT2D eigenvalue weighted by atomic mass is 9.76. The molecule has 1 fully saturated rings. The maximum absolute atomic E-state index is 8.81. The minimum absolute atomic E-state index is 0.406. The summed E-state index contributed by atoms with van der Waals surface area (Å²) < 4.78 is 0. The molecule has 102 valence electrons. The Kier molecular flexibility index (Phi) is 4.27. The summed E-state index contributed by atoms with van der Waals surface area (Å²) >= 11 is 0. The minimum Gasteiger partial charge on any atom is -0.299 e. The van der Waals surface area contributed by atoms with Crippen LogP contribution in [0.2, 0.25) is 0 Å². The third-order valence-corrected chi connectivity index (χ3v) is 4.22. The van der Waals surface area contributed by atoms with Crippen LogP contribution in [-0.2, 0) is 6.54 Å². The lowest BCUT2D eigenvalue weighted by molar-refractivity contribution is 0.0943. The SMILES string of the molecule is CC(C)(C)C1CCCN(Cc2ccc(C#N)cc2)C1. The van der Waals surface area contributed by atoms with Crippen molar-refractivity contribution < 1.29 is 0 Å². The highest BCUT2D eigenvalue weighted by Crippen LogP contribution is 2.33. The summed E-state index contributed by atoms with van der Waals surface area (Å²) in [7, 11) is 0. The van der Waals surface area contributed by atoms with Crippen LogP contribution in [0.15, 0.2) is 24.3 Å². The van der Waals surface area contributed by atoms with Gasteiger partial charge in [-0.2, -0.15) is 5.26 Å². The second-order valence-corrected chi connectivity index (χ2v) is 6.75. The molecule has 1 atom stereocenters. The van der Waals surface area contributed by atoms with Crippen LogP contribution in [0.5, 0.6) is 0 Å². The Balaban J connectivity index is 1.97. The maximum Gasteiger partial charge on any atom is 0.0991 e. The van der Waals surface area contributed by atoms with Crippen molar-refractivity contribution in [2.75, 3.05) is 13.1 Å². The normalized spacial score (nSPS) is 21.1. The zero-order valence-electron chi connectivity index (χ0n) is 12.3. The molecule has 0 amide bonds. The predicted octanol–water partition coefficient (Wildman–Crippen LogP) is 3.82. The first-order chi connectivity index (χ1) is 8.99. The molecule has 1 heterocycles. The van der Waals surface area contributed by atoms with E-state index in [1.165, 1.54) is 31.5 Å². The van der Waals surface area contributed by atoms with Crippen molar-refractivity contribution in [2.45, 2.75) is 40.2 Å². The van der Waals surface area contributed by atoms with Gasteiger partial charge in [0.2, 0.25) is 0 Å². The standard InChI is InChI=1S/C17H24N2/c1-17(2,3)16-5-4-10-19(13-16)12-15-8-6-14(11-18)7-9-15/h6-9,16H,4-5,10,12-13H2,1-3H3. The van der Waals surface area contributed by atoms with Gasteiger partial charge in [0.1, 0.15) is 0 Å². The van der Waals surface area contributed by atoms with Gasteiger partial charge in [0.25, 0.3) is 0 Å². The highest BCUT2D eigenvalue weighted by molar-refractivity contribution is 5.31. The third-order valence-electron chi connectivity index (χ3n) is 4.22. The summed E-state index contributed by atoms with van der Waals surface area (Å²) in [4.78, 5) is 2.56. The first-order valence-electron chi connectivity index (χ1n) is 7.20.